The van der Waals surface area contributed by atoms with Crippen molar-refractivity contribution in [2.45, 2.75) is 14.8 Å². The molecule has 0 unspecified atom stereocenters. The minimum absolute atomic E-state index is 0.0442. The highest BCUT2D eigenvalue weighted by molar-refractivity contribution is 8.00. The summed E-state index contributed by atoms with van der Waals surface area (Å²) in [6.45, 7) is 0. The number of nitrogen functional groups attached to an aromatic ring is 1. The normalized spacial score (nSPS) is 11.8. The molecule has 0 aliphatic carbocycles. The second kappa shape index (κ2) is 9.24. The van der Waals surface area contributed by atoms with Crippen LogP contribution in [0.5, 0.6) is 0 Å². The molecule has 0 spiro atoms. The number of nitrogens with zero attached hydrogens (tertiary/aromatic N) is 4. The van der Waals surface area contributed by atoms with E-state index in [4.69, 9.17) is 5.73 Å². The maximum absolute atomic E-state index is 13.5. The average molecular weight is 498 g/mol. The second-order valence-corrected chi connectivity index (χ2v) is 10.0. The van der Waals surface area contributed by atoms with Crippen molar-refractivity contribution in [2.75, 3.05) is 16.4 Å². The summed E-state index contributed by atoms with van der Waals surface area (Å²) in [5, 5.41) is 23.6. The van der Waals surface area contributed by atoms with Crippen molar-refractivity contribution in [3.8, 4) is 23.3 Å². The van der Waals surface area contributed by atoms with Crippen LogP contribution in [-0.4, -0.2) is 16.6 Å². The van der Waals surface area contributed by atoms with Gasteiger partial charge in [-0.1, -0.05) is 47.8 Å². The number of rotatable bonds is 4. The number of hydrogen-bond acceptors (Lipinski definition) is 8. The third-order valence-electron chi connectivity index (χ3n) is 5.24. The number of nitriles is 2. The van der Waals surface area contributed by atoms with Crippen molar-refractivity contribution in [3.63, 3.8) is 0 Å². The van der Waals surface area contributed by atoms with Crippen molar-refractivity contribution in [2.24, 2.45) is 0 Å². The molecule has 6 nitrogen and oxygen atoms in total. The molecule has 3 heterocycles. The van der Waals surface area contributed by atoms with Crippen LogP contribution >= 0.6 is 34.9 Å². The molecule has 0 fully saturated rings. The predicted molar refractivity (Wildman–Crippen MR) is 136 cm³/mol. The highest BCUT2D eigenvalue weighted by Gasteiger charge is 2.28. The largest absolute Gasteiger partial charge is 0.383 e. The van der Waals surface area contributed by atoms with Crippen molar-refractivity contribution < 1.29 is 4.79 Å². The molecular weight excluding hydrogens is 483 g/mol. The van der Waals surface area contributed by atoms with Gasteiger partial charge in [0.1, 0.15) is 28.5 Å². The Hall–Kier alpha value is -3.76. The standard InChI is InChI=1S/C25H15N5OS3/c26-11-16-23(15-9-10-32-13-15)17(12-27)25(29-24(16)28)33-14-22(31)30-18-5-1-3-7-20(18)34-21-8-4-2-6-19(21)30/h1-10,13H,14H2,(H2,28,29). The minimum Gasteiger partial charge on any atom is -0.383 e. The summed E-state index contributed by atoms with van der Waals surface area (Å²) < 4.78 is 0. The number of pyridine rings is 1. The summed E-state index contributed by atoms with van der Waals surface area (Å²) in [5.74, 6) is -0.0534. The van der Waals surface area contributed by atoms with Crippen molar-refractivity contribution in [1.29, 1.82) is 10.5 Å². The molecule has 9 heteroatoms. The molecular formula is C25H15N5OS3. The van der Waals surface area contributed by atoms with Gasteiger partial charge in [0.05, 0.1) is 22.7 Å². The average Bonchev–Trinajstić information content (AvgIpc) is 3.40. The molecule has 34 heavy (non-hydrogen) atoms. The number of thiophene rings is 1. The lowest BCUT2D eigenvalue weighted by Crippen LogP contribution is -2.30. The zero-order valence-electron chi connectivity index (χ0n) is 17.6. The quantitative estimate of drug-likeness (QED) is 0.342. The minimum atomic E-state index is -0.143. The molecule has 0 radical (unpaired) electrons. The topological polar surface area (TPSA) is 107 Å². The highest BCUT2D eigenvalue weighted by Crippen LogP contribution is 2.48. The van der Waals surface area contributed by atoms with Crippen LogP contribution in [0.4, 0.5) is 17.2 Å². The fourth-order valence-electron chi connectivity index (χ4n) is 3.77. The van der Waals surface area contributed by atoms with Crippen LogP contribution in [0.2, 0.25) is 0 Å². The molecule has 1 amide bonds. The molecule has 2 aromatic heterocycles. The number of fused-ring (bicyclic) bond motifs is 2. The zero-order valence-corrected chi connectivity index (χ0v) is 20.0. The van der Waals surface area contributed by atoms with Crippen LogP contribution < -0.4 is 10.6 Å². The summed E-state index contributed by atoms with van der Waals surface area (Å²) in [5.41, 5.74) is 9.34. The maximum Gasteiger partial charge on any atom is 0.242 e. The van der Waals surface area contributed by atoms with E-state index in [1.165, 1.54) is 11.3 Å². The van der Waals surface area contributed by atoms with Crippen LogP contribution in [0.25, 0.3) is 11.1 Å². The van der Waals surface area contributed by atoms with Gasteiger partial charge in [-0.25, -0.2) is 4.98 Å². The molecule has 2 aromatic carbocycles. The molecule has 0 saturated heterocycles. The van der Waals surface area contributed by atoms with Crippen LogP contribution in [0, 0.1) is 22.7 Å². The van der Waals surface area contributed by atoms with Gasteiger partial charge in [0.2, 0.25) is 5.91 Å². The summed E-state index contributed by atoms with van der Waals surface area (Å²) >= 11 is 4.24. The number of benzene rings is 2. The van der Waals surface area contributed by atoms with Crippen LogP contribution in [0.3, 0.4) is 0 Å². The first-order valence-electron chi connectivity index (χ1n) is 10.1. The second-order valence-electron chi connectivity index (χ2n) is 7.22. The summed E-state index contributed by atoms with van der Waals surface area (Å²) in [7, 11) is 0. The van der Waals surface area contributed by atoms with E-state index in [-0.39, 0.29) is 28.6 Å². The van der Waals surface area contributed by atoms with Gasteiger partial charge in [-0.2, -0.15) is 21.9 Å². The first-order chi connectivity index (χ1) is 16.6. The lowest BCUT2D eigenvalue weighted by molar-refractivity contribution is -0.115. The number of carbonyl (C=O) groups is 1. The Bertz CT molecular complexity index is 1460. The van der Waals surface area contributed by atoms with E-state index in [9.17, 15) is 15.3 Å². The number of hydrogen-bond donors (Lipinski definition) is 1. The van der Waals surface area contributed by atoms with Gasteiger partial charge in [-0.3, -0.25) is 9.69 Å². The number of carbonyl (C=O) groups excluding carboxylic acids is 1. The van der Waals surface area contributed by atoms with Crippen molar-refractivity contribution in [3.05, 3.63) is 76.5 Å². The number of anilines is 3. The Labute approximate surface area is 208 Å². The first kappa shape index (κ1) is 22.1. The molecule has 2 N–H and O–H groups in total. The van der Waals surface area contributed by atoms with Gasteiger partial charge in [0.25, 0.3) is 0 Å². The summed E-state index contributed by atoms with van der Waals surface area (Å²) in [4.78, 5) is 21.5. The molecule has 1 aliphatic heterocycles. The van der Waals surface area contributed by atoms with Crippen molar-refractivity contribution in [1.82, 2.24) is 4.98 Å². The van der Waals surface area contributed by atoms with E-state index in [1.54, 1.807) is 16.7 Å². The van der Waals surface area contributed by atoms with Crippen LogP contribution in [0.1, 0.15) is 11.1 Å². The van der Waals surface area contributed by atoms with Gasteiger partial charge >= 0.3 is 0 Å². The Kier molecular flexibility index (Phi) is 5.99. The SMILES string of the molecule is N#Cc1c(N)nc(SCC(=O)N2c3ccccc3Sc3ccccc32)c(C#N)c1-c1ccsc1. The van der Waals surface area contributed by atoms with Crippen LogP contribution in [-0.2, 0) is 4.79 Å². The fourth-order valence-corrected chi connectivity index (χ4v) is 6.31. The third-order valence-corrected chi connectivity index (χ3v) is 8.01. The van der Waals surface area contributed by atoms with E-state index in [0.29, 0.717) is 10.6 Å². The monoisotopic (exact) mass is 497 g/mol. The molecule has 0 bridgehead atoms. The first-order valence-corrected chi connectivity index (χ1v) is 12.8. The van der Waals surface area contributed by atoms with Gasteiger partial charge in [-0.15, -0.1) is 0 Å². The Morgan fingerprint density at radius 2 is 1.65 bits per heavy atom. The predicted octanol–water partition coefficient (Wildman–Crippen LogP) is 6.06. The van der Waals surface area contributed by atoms with Crippen LogP contribution in [0.15, 0.2) is 80.2 Å². The Morgan fingerprint density at radius 1 is 1.00 bits per heavy atom. The Morgan fingerprint density at radius 3 is 2.24 bits per heavy atom. The van der Waals surface area contributed by atoms with E-state index < -0.39 is 0 Å². The van der Waals surface area contributed by atoms with E-state index in [2.05, 4.69) is 17.1 Å². The molecule has 164 valence electrons. The smallest absolute Gasteiger partial charge is 0.242 e. The highest BCUT2D eigenvalue weighted by atomic mass is 32.2. The maximum atomic E-state index is 13.5. The number of thioether (sulfide) groups is 1. The number of para-hydroxylation sites is 2. The molecule has 1 aliphatic rings. The third kappa shape index (κ3) is 3.80. The Balaban J connectivity index is 1.51. The summed E-state index contributed by atoms with van der Waals surface area (Å²) in [6.07, 6.45) is 0. The van der Waals surface area contributed by atoms with Gasteiger partial charge in [-0.05, 0) is 46.7 Å². The van der Waals surface area contributed by atoms with Gasteiger partial charge in [0.15, 0.2) is 0 Å². The fraction of sp³-hybridized carbons (Fsp3) is 0.0400. The lowest BCUT2D eigenvalue weighted by atomic mass is 9.99. The number of amides is 1. The zero-order chi connectivity index (χ0) is 23.7. The number of nitrogens with two attached hydrogens (primary N) is 1. The van der Waals surface area contributed by atoms with E-state index in [0.717, 1.165) is 38.5 Å². The number of aromatic nitrogens is 1. The molecule has 5 rings (SSSR count). The summed E-state index contributed by atoms with van der Waals surface area (Å²) in [6, 6.07) is 21.6. The molecule has 0 saturated carbocycles. The molecule has 0 atom stereocenters. The van der Waals surface area contributed by atoms with E-state index >= 15 is 0 Å². The lowest BCUT2D eigenvalue weighted by Gasteiger charge is -2.31. The molecule has 4 aromatic rings. The van der Waals surface area contributed by atoms with Crippen molar-refractivity contribution >= 4 is 58.0 Å². The van der Waals surface area contributed by atoms with E-state index in [1.807, 2.05) is 65.4 Å². The van der Waals surface area contributed by atoms with Gasteiger partial charge < -0.3 is 5.73 Å². The van der Waals surface area contributed by atoms with Gasteiger partial charge in [0, 0.05) is 15.4 Å².